The quantitative estimate of drug-likeness (QED) is 0.297. The minimum absolute atomic E-state index is 0.0537. The highest BCUT2D eigenvalue weighted by Crippen LogP contribution is 2.46. The molecule has 0 unspecified atom stereocenters. The summed E-state index contributed by atoms with van der Waals surface area (Å²) >= 11 is 0. The third kappa shape index (κ3) is 3.46. The number of aromatic nitrogens is 2. The van der Waals surface area contributed by atoms with Crippen molar-refractivity contribution in [1.82, 2.24) is 9.97 Å². The molecule has 4 aromatic rings. The highest BCUT2D eigenvalue weighted by atomic mass is 19.4. The molecule has 7 heteroatoms. The molecular weight excluding hydrogens is 425 g/mol. The molecule has 0 aliphatic heterocycles. The highest BCUT2D eigenvalue weighted by Gasteiger charge is 2.37. The maximum atomic E-state index is 14.1. The monoisotopic (exact) mass is 440 g/mol. The fraction of sp³-hybridized carbons (Fsp3) is 0.0769. The second-order valence-corrected chi connectivity index (χ2v) is 7.64. The summed E-state index contributed by atoms with van der Waals surface area (Å²) in [5, 5.41) is 9.35. The molecule has 1 aliphatic rings. The van der Waals surface area contributed by atoms with E-state index in [9.17, 15) is 18.4 Å². The van der Waals surface area contributed by atoms with Crippen molar-refractivity contribution in [2.45, 2.75) is 13.1 Å². The molecule has 0 radical (unpaired) electrons. The van der Waals surface area contributed by atoms with Crippen LogP contribution in [0.2, 0.25) is 0 Å². The molecule has 4 nitrogen and oxygen atoms in total. The van der Waals surface area contributed by atoms with E-state index < -0.39 is 11.7 Å². The van der Waals surface area contributed by atoms with Crippen molar-refractivity contribution < 1.29 is 13.2 Å². The maximum absolute atomic E-state index is 14.1. The Hall–Kier alpha value is -4.31. The molecule has 1 aliphatic carbocycles. The van der Waals surface area contributed by atoms with Gasteiger partial charge in [0.15, 0.2) is 0 Å². The van der Waals surface area contributed by atoms with Crippen molar-refractivity contribution in [2.75, 3.05) is 0 Å². The Kier molecular flexibility index (Phi) is 4.79. The lowest BCUT2D eigenvalue weighted by atomic mass is 9.94. The van der Waals surface area contributed by atoms with Crippen molar-refractivity contribution in [3.63, 3.8) is 0 Å². The highest BCUT2D eigenvalue weighted by molar-refractivity contribution is 6.25. The van der Waals surface area contributed by atoms with Crippen LogP contribution in [0.3, 0.4) is 0 Å². The average Bonchev–Trinajstić information content (AvgIpc) is 3.10. The van der Waals surface area contributed by atoms with Gasteiger partial charge in [0.1, 0.15) is 0 Å². The Morgan fingerprint density at radius 3 is 1.88 bits per heavy atom. The summed E-state index contributed by atoms with van der Waals surface area (Å²) in [4.78, 5) is 12.5. The number of aliphatic imine (C=N–C) groups is 1. The van der Waals surface area contributed by atoms with E-state index in [1.807, 2.05) is 37.3 Å². The van der Waals surface area contributed by atoms with Gasteiger partial charge in [-0.3, -0.25) is 9.97 Å². The van der Waals surface area contributed by atoms with Gasteiger partial charge in [0.2, 0.25) is 6.19 Å². The van der Waals surface area contributed by atoms with Crippen LogP contribution in [-0.2, 0) is 6.18 Å². The Bertz CT molecular complexity index is 1450. The van der Waals surface area contributed by atoms with E-state index in [0.717, 1.165) is 22.9 Å². The maximum Gasteiger partial charge on any atom is 0.417 e. The molecule has 160 valence electrons. The van der Waals surface area contributed by atoms with Crippen LogP contribution in [0.5, 0.6) is 0 Å². The van der Waals surface area contributed by atoms with Crippen LogP contribution in [0.1, 0.15) is 22.3 Å². The van der Waals surface area contributed by atoms with Crippen LogP contribution in [0.4, 0.5) is 13.2 Å². The molecule has 2 heterocycles. The van der Waals surface area contributed by atoms with Crippen molar-refractivity contribution >= 4 is 5.71 Å². The Morgan fingerprint density at radius 1 is 0.758 bits per heavy atom. The van der Waals surface area contributed by atoms with Gasteiger partial charge in [-0.15, -0.1) is 0 Å². The molecule has 0 atom stereocenters. The average molecular weight is 440 g/mol. The molecular formula is C26H15F3N4. The van der Waals surface area contributed by atoms with Crippen molar-refractivity contribution in [3.8, 4) is 39.8 Å². The summed E-state index contributed by atoms with van der Waals surface area (Å²) in [6.45, 7) is 1.89. The van der Waals surface area contributed by atoms with Crippen LogP contribution >= 0.6 is 0 Å². The van der Waals surface area contributed by atoms with Crippen LogP contribution in [-0.4, -0.2) is 15.7 Å². The van der Waals surface area contributed by atoms with E-state index >= 15 is 0 Å². The largest absolute Gasteiger partial charge is 0.417 e. The molecule has 2 aromatic heterocycles. The molecule has 33 heavy (non-hydrogen) atoms. The second kappa shape index (κ2) is 7.68. The van der Waals surface area contributed by atoms with Crippen LogP contribution in [0.15, 0.2) is 78.0 Å². The van der Waals surface area contributed by atoms with Crippen molar-refractivity contribution in [2.24, 2.45) is 4.99 Å². The summed E-state index contributed by atoms with van der Waals surface area (Å²) in [7, 11) is 0. The molecule has 0 saturated carbocycles. The normalized spacial score (nSPS) is 13.5. The Labute approximate surface area is 187 Å². The van der Waals surface area contributed by atoms with E-state index in [2.05, 4.69) is 15.0 Å². The van der Waals surface area contributed by atoms with E-state index in [4.69, 9.17) is 0 Å². The second-order valence-electron chi connectivity index (χ2n) is 7.64. The molecule has 0 bridgehead atoms. The molecule has 0 spiro atoms. The van der Waals surface area contributed by atoms with Crippen LogP contribution in [0, 0.1) is 18.4 Å². The third-order valence-corrected chi connectivity index (χ3v) is 5.67. The summed E-state index contributed by atoms with van der Waals surface area (Å²) in [6, 6.07) is 16.6. The molecule has 0 amide bonds. The predicted octanol–water partition coefficient (Wildman–Crippen LogP) is 6.44. The number of alkyl halides is 3. The van der Waals surface area contributed by atoms with E-state index in [0.29, 0.717) is 28.0 Å². The molecule has 0 fully saturated rings. The Morgan fingerprint density at radius 2 is 1.33 bits per heavy atom. The zero-order valence-corrected chi connectivity index (χ0v) is 17.4. The molecule has 0 N–H and O–H groups in total. The first-order chi connectivity index (χ1) is 15.9. The number of nitriles is 1. The van der Waals surface area contributed by atoms with Crippen molar-refractivity contribution in [1.29, 1.82) is 5.26 Å². The lowest BCUT2D eigenvalue weighted by Gasteiger charge is -2.15. The standard InChI is InChI=1S/C26H15F3N4/c1-15-10-17-18-13-22(26(27,28)29)21(24-7-3-5-9-32-24)12-20(18)25(33-14-30)19(17)11-16(15)23-6-2-4-8-31-23/h2-13H,1H3/b33-25-. The lowest BCUT2D eigenvalue weighted by molar-refractivity contribution is -0.137. The van der Waals surface area contributed by atoms with Crippen LogP contribution < -0.4 is 0 Å². The Balaban J connectivity index is 1.80. The van der Waals surface area contributed by atoms with Crippen molar-refractivity contribution in [3.05, 3.63) is 95.3 Å². The van der Waals surface area contributed by atoms with E-state index in [1.165, 1.54) is 18.3 Å². The number of fused-ring (bicyclic) bond motifs is 3. The number of hydrogen-bond donors (Lipinski definition) is 0. The minimum atomic E-state index is -4.58. The van der Waals surface area contributed by atoms with Gasteiger partial charge in [0.25, 0.3) is 0 Å². The summed E-state index contributed by atoms with van der Waals surface area (Å²) in [6.07, 6.45) is 0.346. The van der Waals surface area contributed by atoms with Crippen LogP contribution in [0.25, 0.3) is 33.6 Å². The van der Waals surface area contributed by atoms with Gasteiger partial charge in [-0.1, -0.05) is 18.2 Å². The number of pyridine rings is 2. The number of aryl methyl sites for hydroxylation is 1. The first-order valence-corrected chi connectivity index (χ1v) is 10.1. The van der Waals surface area contributed by atoms with Gasteiger partial charge in [0, 0.05) is 34.6 Å². The lowest BCUT2D eigenvalue weighted by Crippen LogP contribution is -2.09. The van der Waals surface area contributed by atoms with E-state index in [1.54, 1.807) is 24.5 Å². The number of nitrogens with zero attached hydrogens (tertiary/aromatic N) is 4. The zero-order valence-electron chi connectivity index (χ0n) is 17.4. The number of hydrogen-bond acceptors (Lipinski definition) is 4. The van der Waals surface area contributed by atoms with Gasteiger partial charge >= 0.3 is 6.18 Å². The van der Waals surface area contributed by atoms with E-state index in [-0.39, 0.29) is 11.3 Å². The molecule has 5 rings (SSSR count). The SMILES string of the molecule is Cc1cc2c(cc1-c1ccccn1)/C(=N/C#N)c1cc(-c3ccccn3)c(C(F)(F)F)cc1-2. The summed E-state index contributed by atoms with van der Waals surface area (Å²) < 4.78 is 42.2. The first-order valence-electron chi connectivity index (χ1n) is 10.1. The molecule has 0 saturated heterocycles. The van der Waals surface area contributed by atoms with Gasteiger partial charge in [-0.2, -0.15) is 23.4 Å². The summed E-state index contributed by atoms with van der Waals surface area (Å²) in [5.74, 6) is 0. The fourth-order valence-electron chi connectivity index (χ4n) is 4.23. The fourth-order valence-corrected chi connectivity index (χ4v) is 4.23. The van der Waals surface area contributed by atoms with Gasteiger partial charge in [-0.05, 0) is 66.1 Å². The zero-order chi connectivity index (χ0) is 23.2. The number of halogens is 3. The molecule has 2 aromatic carbocycles. The first kappa shape index (κ1) is 20.6. The predicted molar refractivity (Wildman–Crippen MR) is 119 cm³/mol. The smallest absolute Gasteiger partial charge is 0.256 e. The summed E-state index contributed by atoms with van der Waals surface area (Å²) in [5.41, 5.74) is 4.19. The third-order valence-electron chi connectivity index (χ3n) is 5.67. The van der Waals surface area contributed by atoms with Gasteiger partial charge in [-0.25, -0.2) is 0 Å². The number of rotatable bonds is 2. The minimum Gasteiger partial charge on any atom is -0.256 e. The number of benzene rings is 2. The topological polar surface area (TPSA) is 61.9 Å². The van der Waals surface area contributed by atoms with Gasteiger partial charge < -0.3 is 0 Å². The van der Waals surface area contributed by atoms with Gasteiger partial charge in [0.05, 0.1) is 22.7 Å².